The molecule has 1 aliphatic rings. The molecule has 0 bridgehead atoms. The summed E-state index contributed by atoms with van der Waals surface area (Å²) in [6.45, 7) is 1.96. The van der Waals surface area contributed by atoms with E-state index in [4.69, 9.17) is 16.3 Å². The molecule has 0 aromatic rings. The van der Waals surface area contributed by atoms with Gasteiger partial charge < -0.3 is 30.5 Å². The van der Waals surface area contributed by atoms with Gasteiger partial charge in [-0.3, -0.25) is 4.90 Å². The number of carbonyl (C=O) groups excluding carboxylic acids is 1. The summed E-state index contributed by atoms with van der Waals surface area (Å²) < 4.78 is 5.41. The van der Waals surface area contributed by atoms with Crippen molar-refractivity contribution >= 4 is 17.6 Å². The predicted molar refractivity (Wildman–Crippen MR) is 79.5 cm³/mol. The van der Waals surface area contributed by atoms with Crippen molar-refractivity contribution in [1.29, 1.82) is 0 Å². The summed E-state index contributed by atoms with van der Waals surface area (Å²) in [6.07, 6.45) is -5.15. The van der Waals surface area contributed by atoms with Crippen LogP contribution in [0.3, 0.4) is 0 Å². The number of halogens is 1. The largest absolute Gasteiger partial charge is 0.394 e. The molecule has 1 rings (SSSR count). The Morgan fingerprint density at radius 2 is 1.95 bits per heavy atom. The SMILES string of the molecule is CCCCN(C(=O)NCCCl)C1O[C@H](CO)[C@H](O)[C@H](O)[C@H]1O. The van der Waals surface area contributed by atoms with Gasteiger partial charge in [0.05, 0.1) is 6.61 Å². The highest BCUT2D eigenvalue weighted by Crippen LogP contribution is 2.24. The van der Waals surface area contributed by atoms with Gasteiger partial charge in [-0.2, -0.15) is 0 Å². The van der Waals surface area contributed by atoms with Crippen LogP contribution in [-0.4, -0.2) is 87.6 Å². The number of hydrogen-bond donors (Lipinski definition) is 5. The molecule has 22 heavy (non-hydrogen) atoms. The minimum absolute atomic E-state index is 0.238. The van der Waals surface area contributed by atoms with Crippen LogP contribution in [-0.2, 0) is 4.74 Å². The topological polar surface area (TPSA) is 122 Å². The summed E-state index contributed by atoms with van der Waals surface area (Å²) in [5, 5.41) is 41.5. The lowest BCUT2D eigenvalue weighted by Crippen LogP contribution is -2.65. The van der Waals surface area contributed by atoms with Crippen LogP contribution in [0.1, 0.15) is 19.8 Å². The second-order valence-corrected chi connectivity index (χ2v) is 5.57. The molecule has 1 aliphatic heterocycles. The van der Waals surface area contributed by atoms with E-state index in [-0.39, 0.29) is 12.4 Å². The third-order valence-electron chi connectivity index (χ3n) is 3.56. The summed E-state index contributed by atoms with van der Waals surface area (Å²) >= 11 is 5.54. The van der Waals surface area contributed by atoms with Crippen LogP contribution in [0.2, 0.25) is 0 Å². The van der Waals surface area contributed by atoms with E-state index in [1.165, 1.54) is 4.90 Å². The van der Waals surface area contributed by atoms with E-state index in [9.17, 15) is 25.2 Å². The maximum Gasteiger partial charge on any atom is 0.319 e. The highest BCUT2D eigenvalue weighted by atomic mass is 35.5. The van der Waals surface area contributed by atoms with Gasteiger partial charge in [0.1, 0.15) is 24.4 Å². The van der Waals surface area contributed by atoms with Crippen molar-refractivity contribution in [3.8, 4) is 0 Å². The number of unbranched alkanes of at least 4 members (excludes halogenated alkanes) is 1. The Bertz CT molecular complexity index is 346. The monoisotopic (exact) mass is 340 g/mol. The molecule has 130 valence electrons. The Labute approximate surface area is 134 Å². The molecule has 0 saturated carbocycles. The lowest BCUT2D eigenvalue weighted by molar-refractivity contribution is -0.257. The van der Waals surface area contributed by atoms with Crippen LogP contribution in [0.25, 0.3) is 0 Å². The molecular weight excluding hydrogens is 316 g/mol. The maximum absolute atomic E-state index is 12.2. The number of carbonyl (C=O) groups is 1. The Morgan fingerprint density at radius 3 is 2.50 bits per heavy atom. The molecule has 1 heterocycles. The zero-order chi connectivity index (χ0) is 16.7. The van der Waals surface area contributed by atoms with Crippen molar-refractivity contribution in [1.82, 2.24) is 10.2 Å². The Morgan fingerprint density at radius 1 is 1.27 bits per heavy atom. The van der Waals surface area contributed by atoms with Gasteiger partial charge in [0.2, 0.25) is 0 Å². The molecule has 8 nitrogen and oxygen atoms in total. The lowest BCUT2D eigenvalue weighted by atomic mass is 9.97. The summed E-state index contributed by atoms with van der Waals surface area (Å²) in [4.78, 5) is 13.4. The average Bonchev–Trinajstić information content (AvgIpc) is 2.52. The zero-order valence-corrected chi connectivity index (χ0v) is 13.3. The molecule has 5 N–H and O–H groups in total. The van der Waals surface area contributed by atoms with Gasteiger partial charge in [-0.05, 0) is 6.42 Å². The molecule has 0 spiro atoms. The molecule has 2 amide bonds. The third kappa shape index (κ3) is 4.68. The molecule has 1 saturated heterocycles. The molecule has 0 radical (unpaired) electrons. The molecule has 5 atom stereocenters. The third-order valence-corrected chi connectivity index (χ3v) is 3.75. The number of hydrogen-bond acceptors (Lipinski definition) is 6. The number of amides is 2. The van der Waals surface area contributed by atoms with Crippen LogP contribution in [0, 0.1) is 0 Å². The highest BCUT2D eigenvalue weighted by Gasteiger charge is 2.46. The maximum atomic E-state index is 12.2. The quantitative estimate of drug-likeness (QED) is 0.372. The van der Waals surface area contributed by atoms with Crippen molar-refractivity contribution in [2.24, 2.45) is 0 Å². The van der Waals surface area contributed by atoms with Crippen molar-refractivity contribution in [3.63, 3.8) is 0 Å². The number of ether oxygens (including phenoxy) is 1. The molecular formula is C13H25ClN2O6. The summed E-state index contributed by atoms with van der Waals surface area (Å²) in [5.74, 6) is 0.238. The Kier molecular flexibility index (Phi) is 8.37. The summed E-state index contributed by atoms with van der Waals surface area (Å²) in [5.41, 5.74) is 0. The highest BCUT2D eigenvalue weighted by molar-refractivity contribution is 6.18. The van der Waals surface area contributed by atoms with Crippen LogP contribution in [0.4, 0.5) is 4.79 Å². The number of rotatable bonds is 7. The molecule has 1 unspecified atom stereocenters. The van der Waals surface area contributed by atoms with Gasteiger partial charge >= 0.3 is 6.03 Å². The minimum atomic E-state index is -1.51. The van der Waals surface area contributed by atoms with Gasteiger partial charge in [-0.15, -0.1) is 11.6 Å². The second-order valence-electron chi connectivity index (χ2n) is 5.19. The number of alkyl halides is 1. The van der Waals surface area contributed by atoms with Crippen molar-refractivity contribution in [3.05, 3.63) is 0 Å². The zero-order valence-electron chi connectivity index (χ0n) is 12.6. The first-order valence-corrected chi connectivity index (χ1v) is 7.92. The van der Waals surface area contributed by atoms with E-state index in [0.717, 1.165) is 6.42 Å². The number of nitrogens with one attached hydrogen (secondary N) is 1. The standard InChI is InChI=1S/C13H25ClN2O6/c1-2-3-6-16(13(21)15-5-4-14)12-11(20)10(19)9(18)8(7-17)22-12/h8-12,17-20H,2-7H2,1H3,(H,15,21)/t8-,9+,10+,11-,12?/m1/s1. The first-order chi connectivity index (χ1) is 10.5. The van der Waals surface area contributed by atoms with E-state index in [1.807, 2.05) is 6.92 Å². The first-order valence-electron chi connectivity index (χ1n) is 7.38. The fraction of sp³-hybridized carbons (Fsp3) is 0.923. The number of urea groups is 1. The van der Waals surface area contributed by atoms with E-state index in [1.54, 1.807) is 0 Å². The van der Waals surface area contributed by atoms with Gasteiger partial charge in [-0.1, -0.05) is 13.3 Å². The average molecular weight is 341 g/mol. The minimum Gasteiger partial charge on any atom is -0.394 e. The van der Waals surface area contributed by atoms with Gasteiger partial charge in [0.15, 0.2) is 6.23 Å². The van der Waals surface area contributed by atoms with Crippen LogP contribution in [0.15, 0.2) is 0 Å². The fourth-order valence-electron chi connectivity index (χ4n) is 2.27. The van der Waals surface area contributed by atoms with Gasteiger partial charge in [-0.25, -0.2) is 4.79 Å². The smallest absolute Gasteiger partial charge is 0.319 e. The van der Waals surface area contributed by atoms with Crippen molar-refractivity contribution in [2.45, 2.75) is 50.4 Å². The summed E-state index contributed by atoms with van der Waals surface area (Å²) in [7, 11) is 0. The lowest BCUT2D eigenvalue weighted by Gasteiger charge is -2.44. The molecule has 0 aromatic heterocycles. The van der Waals surface area contributed by atoms with Crippen LogP contribution in [0.5, 0.6) is 0 Å². The van der Waals surface area contributed by atoms with Gasteiger partial charge in [0, 0.05) is 19.0 Å². The van der Waals surface area contributed by atoms with Crippen molar-refractivity contribution in [2.75, 3.05) is 25.6 Å². The van der Waals surface area contributed by atoms with Gasteiger partial charge in [0.25, 0.3) is 0 Å². The Hall–Kier alpha value is -0.640. The second kappa shape index (κ2) is 9.49. The normalized spacial score (nSPS) is 31.8. The predicted octanol–water partition coefficient (Wildman–Crippen LogP) is -1.16. The Balaban J connectivity index is 2.88. The number of aliphatic hydroxyl groups excluding tert-OH is 4. The van der Waals surface area contributed by atoms with E-state index >= 15 is 0 Å². The fourth-order valence-corrected chi connectivity index (χ4v) is 2.36. The molecule has 9 heteroatoms. The molecule has 0 aromatic carbocycles. The molecule has 1 fully saturated rings. The first kappa shape index (κ1) is 19.4. The molecule has 0 aliphatic carbocycles. The number of aliphatic hydroxyl groups is 4. The van der Waals surface area contributed by atoms with Crippen LogP contribution < -0.4 is 5.32 Å². The van der Waals surface area contributed by atoms with E-state index < -0.39 is 43.3 Å². The van der Waals surface area contributed by atoms with E-state index in [0.29, 0.717) is 13.0 Å². The van der Waals surface area contributed by atoms with E-state index in [2.05, 4.69) is 5.32 Å². The number of nitrogens with zero attached hydrogens (tertiary/aromatic N) is 1. The van der Waals surface area contributed by atoms with Crippen molar-refractivity contribution < 1.29 is 30.0 Å². The van der Waals surface area contributed by atoms with Crippen LogP contribution >= 0.6 is 11.6 Å². The summed E-state index contributed by atoms with van der Waals surface area (Å²) in [6, 6.07) is -0.488.